The van der Waals surface area contributed by atoms with Gasteiger partial charge in [0.1, 0.15) is 5.82 Å². The maximum absolute atomic E-state index is 12.9. The summed E-state index contributed by atoms with van der Waals surface area (Å²) in [6, 6.07) is 3.04. The number of benzene rings is 1. The molecule has 0 unspecified atom stereocenters. The van der Waals surface area contributed by atoms with Gasteiger partial charge in [-0.3, -0.25) is 4.79 Å². The van der Waals surface area contributed by atoms with E-state index in [0.717, 1.165) is 18.2 Å². The summed E-state index contributed by atoms with van der Waals surface area (Å²) in [5, 5.41) is 0. The Hall–Kier alpha value is -1.63. The molecule has 0 radical (unpaired) electrons. The van der Waals surface area contributed by atoms with Crippen LogP contribution < -0.4 is 11.5 Å². The number of halogens is 1. The molecule has 1 aromatic rings. The van der Waals surface area contributed by atoms with E-state index in [4.69, 9.17) is 11.5 Å². The SMILES string of the molecule is NC(=O)CCS(=O)(=O)c1cc(F)ccc1N. The van der Waals surface area contributed by atoms with Crippen molar-refractivity contribution in [1.82, 2.24) is 0 Å². The number of primary amides is 1. The first-order valence-electron chi connectivity index (χ1n) is 4.39. The summed E-state index contributed by atoms with van der Waals surface area (Å²) in [5.74, 6) is -1.92. The minimum Gasteiger partial charge on any atom is -0.398 e. The molecule has 0 bridgehead atoms. The van der Waals surface area contributed by atoms with Gasteiger partial charge in [-0.25, -0.2) is 12.8 Å². The third kappa shape index (κ3) is 2.93. The van der Waals surface area contributed by atoms with Gasteiger partial charge in [0.15, 0.2) is 9.84 Å². The first-order chi connectivity index (χ1) is 7.33. The van der Waals surface area contributed by atoms with E-state index < -0.39 is 27.3 Å². The molecular formula is C9H11FN2O3S. The summed E-state index contributed by atoms with van der Waals surface area (Å²) in [4.78, 5) is 10.2. The molecule has 0 aliphatic rings. The molecule has 0 saturated carbocycles. The van der Waals surface area contributed by atoms with Gasteiger partial charge >= 0.3 is 0 Å². The van der Waals surface area contributed by atoms with Crippen molar-refractivity contribution < 1.29 is 17.6 Å². The number of hydrogen-bond donors (Lipinski definition) is 2. The summed E-state index contributed by atoms with van der Waals surface area (Å²) in [6.07, 6.45) is -0.321. The molecule has 0 saturated heterocycles. The molecule has 7 heteroatoms. The highest BCUT2D eigenvalue weighted by Gasteiger charge is 2.19. The van der Waals surface area contributed by atoms with E-state index >= 15 is 0 Å². The predicted octanol–water partition coefficient (Wildman–Crippen LogP) is 0.0570. The quantitative estimate of drug-likeness (QED) is 0.733. The highest BCUT2D eigenvalue weighted by atomic mass is 32.2. The van der Waals surface area contributed by atoms with E-state index in [1.54, 1.807) is 0 Å². The summed E-state index contributed by atoms with van der Waals surface area (Å²) >= 11 is 0. The van der Waals surface area contributed by atoms with Gasteiger partial charge in [0.25, 0.3) is 0 Å². The fraction of sp³-hybridized carbons (Fsp3) is 0.222. The van der Waals surface area contributed by atoms with Crippen molar-refractivity contribution in [2.24, 2.45) is 5.73 Å². The van der Waals surface area contributed by atoms with Crippen LogP contribution in [0.4, 0.5) is 10.1 Å². The second kappa shape index (κ2) is 4.48. The molecule has 0 atom stereocenters. The highest BCUT2D eigenvalue weighted by molar-refractivity contribution is 7.91. The van der Waals surface area contributed by atoms with Gasteiger partial charge in [0, 0.05) is 6.42 Å². The maximum Gasteiger partial charge on any atom is 0.218 e. The van der Waals surface area contributed by atoms with E-state index in [9.17, 15) is 17.6 Å². The Morgan fingerprint density at radius 1 is 1.38 bits per heavy atom. The summed E-state index contributed by atoms with van der Waals surface area (Å²) in [6.45, 7) is 0. The van der Waals surface area contributed by atoms with Crippen molar-refractivity contribution in [3.05, 3.63) is 24.0 Å². The first-order valence-corrected chi connectivity index (χ1v) is 6.04. The van der Waals surface area contributed by atoms with Gasteiger partial charge in [-0.05, 0) is 18.2 Å². The molecule has 5 nitrogen and oxygen atoms in total. The number of nitrogen functional groups attached to an aromatic ring is 1. The standard InChI is InChI=1S/C9H11FN2O3S/c10-6-1-2-7(11)8(5-6)16(14,15)4-3-9(12)13/h1-2,5H,3-4,11H2,(H2,12,13). The fourth-order valence-corrected chi connectivity index (χ4v) is 2.53. The molecule has 1 amide bonds. The van der Waals surface area contributed by atoms with Gasteiger partial charge in [-0.1, -0.05) is 0 Å². The number of sulfone groups is 1. The number of anilines is 1. The number of carbonyl (C=O) groups is 1. The lowest BCUT2D eigenvalue weighted by Crippen LogP contribution is -2.18. The lowest BCUT2D eigenvalue weighted by atomic mass is 10.3. The average molecular weight is 246 g/mol. The van der Waals surface area contributed by atoms with Crippen molar-refractivity contribution in [3.63, 3.8) is 0 Å². The van der Waals surface area contributed by atoms with E-state index in [2.05, 4.69) is 0 Å². The van der Waals surface area contributed by atoms with Crippen molar-refractivity contribution >= 4 is 21.4 Å². The predicted molar refractivity (Wildman–Crippen MR) is 56.7 cm³/mol. The largest absolute Gasteiger partial charge is 0.398 e. The first kappa shape index (κ1) is 12.4. The third-order valence-corrected chi connectivity index (χ3v) is 3.69. The number of amides is 1. The fourth-order valence-electron chi connectivity index (χ4n) is 1.12. The molecule has 0 aliphatic heterocycles. The Morgan fingerprint density at radius 2 is 2.00 bits per heavy atom. The van der Waals surface area contributed by atoms with Crippen molar-refractivity contribution in [3.8, 4) is 0 Å². The second-order valence-corrected chi connectivity index (χ2v) is 5.29. The Morgan fingerprint density at radius 3 is 2.56 bits per heavy atom. The molecule has 0 fully saturated rings. The number of nitrogens with two attached hydrogens (primary N) is 2. The Balaban J connectivity index is 3.07. The summed E-state index contributed by atoms with van der Waals surface area (Å²) in [7, 11) is -3.77. The summed E-state index contributed by atoms with van der Waals surface area (Å²) < 4.78 is 36.2. The van der Waals surface area contributed by atoms with E-state index in [-0.39, 0.29) is 17.0 Å². The average Bonchev–Trinajstić information content (AvgIpc) is 2.19. The normalized spacial score (nSPS) is 11.3. The molecule has 0 heterocycles. The van der Waals surface area contributed by atoms with Gasteiger partial charge in [-0.2, -0.15) is 0 Å². The Labute approximate surface area is 92.2 Å². The molecule has 4 N–H and O–H groups in total. The molecule has 1 aromatic carbocycles. The van der Waals surface area contributed by atoms with Crippen molar-refractivity contribution in [2.45, 2.75) is 11.3 Å². The smallest absolute Gasteiger partial charge is 0.218 e. The zero-order valence-corrected chi connectivity index (χ0v) is 9.13. The van der Waals surface area contributed by atoms with E-state index in [0.29, 0.717) is 0 Å². The monoisotopic (exact) mass is 246 g/mol. The van der Waals surface area contributed by atoms with Crippen molar-refractivity contribution in [1.29, 1.82) is 0 Å². The van der Waals surface area contributed by atoms with Gasteiger partial charge in [-0.15, -0.1) is 0 Å². The maximum atomic E-state index is 12.9. The van der Waals surface area contributed by atoms with Gasteiger partial charge in [0.05, 0.1) is 16.3 Å². The molecule has 16 heavy (non-hydrogen) atoms. The van der Waals surface area contributed by atoms with Crippen LogP contribution in [-0.2, 0) is 14.6 Å². The van der Waals surface area contributed by atoms with Crippen LogP contribution in [0.2, 0.25) is 0 Å². The van der Waals surface area contributed by atoms with Crippen LogP contribution >= 0.6 is 0 Å². The molecular weight excluding hydrogens is 235 g/mol. The van der Waals surface area contributed by atoms with Crippen LogP contribution in [-0.4, -0.2) is 20.1 Å². The van der Waals surface area contributed by atoms with Crippen LogP contribution in [0.5, 0.6) is 0 Å². The number of rotatable bonds is 4. The Bertz CT molecular complexity index is 513. The minimum absolute atomic E-state index is 0.0501. The lowest BCUT2D eigenvalue weighted by Gasteiger charge is -2.06. The summed E-state index contributed by atoms with van der Waals surface area (Å²) in [5.41, 5.74) is 10.2. The van der Waals surface area contributed by atoms with Crippen molar-refractivity contribution in [2.75, 3.05) is 11.5 Å². The van der Waals surface area contributed by atoms with Crippen LogP contribution in [0, 0.1) is 5.82 Å². The van der Waals surface area contributed by atoms with Crippen LogP contribution in [0.1, 0.15) is 6.42 Å². The lowest BCUT2D eigenvalue weighted by molar-refractivity contribution is -0.117. The molecule has 0 spiro atoms. The molecule has 0 aromatic heterocycles. The number of hydrogen-bond acceptors (Lipinski definition) is 4. The Kier molecular flexibility index (Phi) is 3.48. The van der Waals surface area contributed by atoms with Gasteiger partial charge < -0.3 is 11.5 Å². The zero-order valence-electron chi connectivity index (χ0n) is 8.31. The number of carbonyl (C=O) groups excluding carboxylic acids is 1. The zero-order chi connectivity index (χ0) is 12.3. The minimum atomic E-state index is -3.77. The highest BCUT2D eigenvalue weighted by Crippen LogP contribution is 2.20. The van der Waals surface area contributed by atoms with Gasteiger partial charge in [0.2, 0.25) is 5.91 Å². The molecule has 88 valence electrons. The van der Waals surface area contributed by atoms with E-state index in [1.165, 1.54) is 0 Å². The van der Waals surface area contributed by atoms with E-state index in [1.807, 2.05) is 0 Å². The topological polar surface area (TPSA) is 103 Å². The van der Waals surface area contributed by atoms with Crippen LogP contribution in [0.25, 0.3) is 0 Å². The third-order valence-electron chi connectivity index (χ3n) is 1.93. The molecule has 1 rings (SSSR count). The second-order valence-electron chi connectivity index (χ2n) is 3.22. The van der Waals surface area contributed by atoms with Crippen LogP contribution in [0.3, 0.4) is 0 Å². The molecule has 0 aliphatic carbocycles. The van der Waals surface area contributed by atoms with Crippen LogP contribution in [0.15, 0.2) is 23.1 Å².